The fraction of sp³-hybridized carbons (Fsp3) is 0.0182. The van der Waals surface area contributed by atoms with E-state index in [4.69, 9.17) is 8.83 Å². The summed E-state index contributed by atoms with van der Waals surface area (Å²) in [6.07, 6.45) is 0. The normalized spacial score (nSPS) is 13.3. The quantitative estimate of drug-likeness (QED) is 0.180. The lowest BCUT2D eigenvalue weighted by Gasteiger charge is -2.32. The SMILES string of the molecule is c1ccc(N(c2ccc3c(c2)oc2ccccc23)c2cccc3c2-c2ccccc2C32c3ccccc3-c3ccccc32)c(-c2cccc3oc4ccccc4c23)c1. The maximum Gasteiger partial charge on any atom is 0.137 e. The van der Waals surface area contributed by atoms with Crippen molar-refractivity contribution in [3.63, 3.8) is 0 Å². The maximum atomic E-state index is 6.59. The highest BCUT2D eigenvalue weighted by molar-refractivity contribution is 6.14. The van der Waals surface area contributed by atoms with Crippen LogP contribution in [0.2, 0.25) is 0 Å². The average Bonchev–Trinajstić information content (AvgIpc) is 4.02. The first-order valence-electron chi connectivity index (χ1n) is 19.9. The first-order valence-corrected chi connectivity index (χ1v) is 19.9. The van der Waals surface area contributed by atoms with Crippen LogP contribution in [0.5, 0.6) is 0 Å². The molecule has 11 aromatic rings. The molecule has 0 bridgehead atoms. The number of rotatable bonds is 4. The van der Waals surface area contributed by atoms with E-state index in [0.29, 0.717) is 0 Å². The van der Waals surface area contributed by atoms with E-state index in [1.54, 1.807) is 0 Å². The van der Waals surface area contributed by atoms with Gasteiger partial charge in [0, 0.05) is 44.4 Å². The summed E-state index contributed by atoms with van der Waals surface area (Å²) in [5.41, 5.74) is 18.8. The number of nitrogens with zero attached hydrogens (tertiary/aromatic N) is 1. The van der Waals surface area contributed by atoms with Crippen molar-refractivity contribution in [2.24, 2.45) is 0 Å². The van der Waals surface area contributed by atoms with Crippen molar-refractivity contribution < 1.29 is 8.83 Å². The number of benzene rings is 9. The van der Waals surface area contributed by atoms with E-state index in [1.165, 1.54) is 44.5 Å². The zero-order valence-electron chi connectivity index (χ0n) is 31.3. The zero-order valence-corrected chi connectivity index (χ0v) is 31.3. The lowest BCUT2D eigenvalue weighted by atomic mass is 9.70. The average molecular weight is 740 g/mol. The van der Waals surface area contributed by atoms with E-state index in [0.717, 1.165) is 72.1 Å². The molecule has 0 fully saturated rings. The van der Waals surface area contributed by atoms with Crippen molar-refractivity contribution in [1.82, 2.24) is 0 Å². The second-order valence-corrected chi connectivity index (χ2v) is 15.5. The molecule has 9 aromatic carbocycles. The molecular weight excluding hydrogens is 707 g/mol. The van der Waals surface area contributed by atoms with E-state index in [2.05, 4.69) is 193 Å². The summed E-state index contributed by atoms with van der Waals surface area (Å²) >= 11 is 0. The highest BCUT2D eigenvalue weighted by Crippen LogP contribution is 2.65. The lowest BCUT2D eigenvalue weighted by molar-refractivity contribution is 0.668. The molecule has 0 unspecified atom stereocenters. The zero-order chi connectivity index (χ0) is 38.0. The van der Waals surface area contributed by atoms with Crippen LogP contribution >= 0.6 is 0 Å². The molecule has 1 spiro atoms. The van der Waals surface area contributed by atoms with E-state index in [-0.39, 0.29) is 0 Å². The molecule has 0 atom stereocenters. The van der Waals surface area contributed by atoms with Gasteiger partial charge in [0.1, 0.15) is 22.3 Å². The lowest BCUT2D eigenvalue weighted by Crippen LogP contribution is -2.26. The Balaban J connectivity index is 1.14. The predicted octanol–water partition coefficient (Wildman–Crippen LogP) is 15.0. The van der Waals surface area contributed by atoms with Gasteiger partial charge in [-0.15, -0.1) is 0 Å². The minimum Gasteiger partial charge on any atom is -0.456 e. The van der Waals surface area contributed by atoms with E-state index in [9.17, 15) is 0 Å². The van der Waals surface area contributed by atoms with Crippen molar-refractivity contribution in [2.45, 2.75) is 5.41 Å². The Kier molecular flexibility index (Phi) is 6.37. The molecule has 0 radical (unpaired) electrons. The molecule has 2 aromatic heterocycles. The minimum absolute atomic E-state index is 0.468. The molecule has 0 N–H and O–H groups in total. The molecule has 58 heavy (non-hydrogen) atoms. The number of furan rings is 2. The fourth-order valence-corrected chi connectivity index (χ4v) is 10.5. The van der Waals surface area contributed by atoms with Crippen LogP contribution in [0.4, 0.5) is 17.1 Å². The van der Waals surface area contributed by atoms with E-state index in [1.807, 2.05) is 12.1 Å². The Morgan fingerprint density at radius 3 is 1.60 bits per heavy atom. The molecule has 2 aliphatic carbocycles. The summed E-state index contributed by atoms with van der Waals surface area (Å²) in [5, 5.41) is 4.43. The van der Waals surface area contributed by atoms with Crippen LogP contribution in [0.1, 0.15) is 22.3 Å². The van der Waals surface area contributed by atoms with Gasteiger partial charge in [0.15, 0.2) is 0 Å². The first kappa shape index (κ1) is 31.6. The van der Waals surface area contributed by atoms with Crippen molar-refractivity contribution in [3.05, 3.63) is 222 Å². The Morgan fingerprint density at radius 2 is 0.828 bits per heavy atom. The molecule has 2 heterocycles. The molecule has 0 aliphatic heterocycles. The Labute approximate surface area is 334 Å². The van der Waals surface area contributed by atoms with Gasteiger partial charge < -0.3 is 13.7 Å². The second kappa shape index (κ2) is 11.7. The summed E-state index contributed by atoms with van der Waals surface area (Å²) in [5.74, 6) is 0. The number of anilines is 3. The van der Waals surface area contributed by atoms with Crippen LogP contribution in [0, 0.1) is 0 Å². The first-order chi connectivity index (χ1) is 28.8. The van der Waals surface area contributed by atoms with Gasteiger partial charge in [-0.05, 0) is 87.0 Å². The number of fused-ring (bicyclic) bond motifs is 16. The molecule has 13 rings (SSSR count). The summed E-state index contributed by atoms with van der Waals surface area (Å²) < 4.78 is 13.0. The van der Waals surface area contributed by atoms with Gasteiger partial charge in [-0.3, -0.25) is 0 Å². The Bertz CT molecular complexity index is 3450. The monoisotopic (exact) mass is 739 g/mol. The molecule has 0 amide bonds. The smallest absolute Gasteiger partial charge is 0.137 e. The summed E-state index contributed by atoms with van der Waals surface area (Å²) in [4.78, 5) is 2.46. The van der Waals surface area contributed by atoms with Gasteiger partial charge in [0.05, 0.1) is 16.8 Å². The van der Waals surface area contributed by atoms with Crippen molar-refractivity contribution in [1.29, 1.82) is 0 Å². The topological polar surface area (TPSA) is 29.5 Å². The third kappa shape index (κ3) is 4.07. The summed E-state index contributed by atoms with van der Waals surface area (Å²) in [7, 11) is 0. The molecule has 3 nitrogen and oxygen atoms in total. The molecule has 0 saturated carbocycles. The molecular formula is C55H33NO2. The van der Waals surface area contributed by atoms with Gasteiger partial charge >= 0.3 is 0 Å². The summed E-state index contributed by atoms with van der Waals surface area (Å²) in [6, 6.07) is 72.5. The van der Waals surface area contributed by atoms with Crippen molar-refractivity contribution in [2.75, 3.05) is 4.90 Å². The van der Waals surface area contributed by atoms with Gasteiger partial charge in [0.2, 0.25) is 0 Å². The maximum absolute atomic E-state index is 6.59. The van der Waals surface area contributed by atoms with Crippen molar-refractivity contribution in [3.8, 4) is 33.4 Å². The third-order valence-corrected chi connectivity index (χ3v) is 12.7. The van der Waals surface area contributed by atoms with Crippen LogP contribution in [0.25, 0.3) is 77.3 Å². The van der Waals surface area contributed by atoms with Gasteiger partial charge in [-0.1, -0.05) is 152 Å². The molecule has 3 heteroatoms. The highest BCUT2D eigenvalue weighted by Gasteiger charge is 2.52. The fourth-order valence-electron chi connectivity index (χ4n) is 10.5. The Morgan fingerprint density at radius 1 is 0.328 bits per heavy atom. The predicted molar refractivity (Wildman–Crippen MR) is 237 cm³/mol. The van der Waals surface area contributed by atoms with Crippen LogP contribution < -0.4 is 4.90 Å². The van der Waals surface area contributed by atoms with E-state index < -0.39 is 5.41 Å². The standard InChI is InChI=1S/C55H33NO2/c1-7-22-43-35(15-1)36-16-2-8-23-44(36)55(43)45-24-9-3-19-41(45)54-46(55)25-14-27-48(54)56(34-31-32-39-38-18-5-11-28-49(38)58-52(39)33-34)47-26-10-4-17-37(47)40-21-13-30-51-53(40)42-20-6-12-29-50(42)57-51/h1-33H. The highest BCUT2D eigenvalue weighted by atomic mass is 16.3. The van der Waals surface area contributed by atoms with Crippen LogP contribution in [-0.4, -0.2) is 0 Å². The number of hydrogen-bond donors (Lipinski definition) is 0. The van der Waals surface area contributed by atoms with Gasteiger partial charge in [0.25, 0.3) is 0 Å². The van der Waals surface area contributed by atoms with E-state index >= 15 is 0 Å². The largest absolute Gasteiger partial charge is 0.456 e. The van der Waals surface area contributed by atoms with Crippen LogP contribution in [0.3, 0.4) is 0 Å². The molecule has 0 saturated heterocycles. The van der Waals surface area contributed by atoms with Gasteiger partial charge in [-0.2, -0.15) is 0 Å². The van der Waals surface area contributed by atoms with Gasteiger partial charge in [-0.25, -0.2) is 0 Å². The third-order valence-electron chi connectivity index (χ3n) is 12.7. The Hall–Kier alpha value is -7.62. The van der Waals surface area contributed by atoms with Crippen molar-refractivity contribution >= 4 is 60.9 Å². The number of para-hydroxylation sites is 3. The molecule has 2 aliphatic rings. The second-order valence-electron chi connectivity index (χ2n) is 15.5. The summed E-state index contributed by atoms with van der Waals surface area (Å²) in [6.45, 7) is 0. The van der Waals surface area contributed by atoms with Crippen LogP contribution in [0.15, 0.2) is 209 Å². The number of hydrogen-bond acceptors (Lipinski definition) is 3. The molecule has 270 valence electrons. The minimum atomic E-state index is -0.468. The van der Waals surface area contributed by atoms with Crippen LogP contribution in [-0.2, 0) is 5.41 Å².